The number of carbonyl (C=O) groups excluding carboxylic acids is 1. The van der Waals surface area contributed by atoms with Gasteiger partial charge in [0.2, 0.25) is 0 Å². The summed E-state index contributed by atoms with van der Waals surface area (Å²) in [5, 5.41) is 0.177. The van der Waals surface area contributed by atoms with Gasteiger partial charge in [-0.15, -0.1) is 11.8 Å². The van der Waals surface area contributed by atoms with Crippen LogP contribution in [0.5, 0.6) is 0 Å². The van der Waals surface area contributed by atoms with Gasteiger partial charge in [0.05, 0.1) is 5.25 Å². The Morgan fingerprint density at radius 3 is 2.80 bits per heavy atom. The zero-order valence-electron chi connectivity index (χ0n) is 8.30. The van der Waals surface area contributed by atoms with Crippen molar-refractivity contribution in [3.05, 3.63) is 42.5 Å². The van der Waals surface area contributed by atoms with Crippen LogP contribution in [0.3, 0.4) is 0 Å². The first-order valence-corrected chi connectivity index (χ1v) is 6.16. The molecule has 1 nitrogen and oxygen atoms in total. The Labute approximate surface area is 93.6 Å². The van der Waals surface area contributed by atoms with E-state index in [1.54, 1.807) is 11.8 Å². The van der Waals surface area contributed by atoms with E-state index in [2.05, 4.69) is 24.3 Å². The molecule has 0 aromatic heterocycles. The van der Waals surface area contributed by atoms with Gasteiger partial charge in [0.25, 0.3) is 0 Å². The molecule has 0 heterocycles. The number of hydrogen-bond donors (Lipinski definition) is 0. The number of Topliss-reactive ketones (excluding diaryl/α,β-unsaturated/α-hetero) is 1. The molecule has 1 fully saturated rings. The van der Waals surface area contributed by atoms with E-state index in [0.29, 0.717) is 17.6 Å². The molecule has 0 N–H and O–H groups in total. The van der Waals surface area contributed by atoms with Crippen molar-refractivity contribution < 1.29 is 4.79 Å². The summed E-state index contributed by atoms with van der Waals surface area (Å²) in [6.07, 6.45) is 5.33. The molecular formula is C13H12OS. The second kappa shape index (κ2) is 3.53. The van der Waals surface area contributed by atoms with Gasteiger partial charge in [-0.05, 0) is 18.6 Å². The molecule has 0 saturated heterocycles. The lowest BCUT2D eigenvalue weighted by Crippen LogP contribution is -2.46. The second-order valence-electron chi connectivity index (χ2n) is 4.10. The molecule has 0 spiro atoms. The van der Waals surface area contributed by atoms with Crippen LogP contribution < -0.4 is 0 Å². The Bertz CT molecular complexity index is 410. The summed E-state index contributed by atoms with van der Waals surface area (Å²) >= 11 is 1.71. The minimum absolute atomic E-state index is 0.177. The first-order valence-electron chi connectivity index (χ1n) is 5.28. The highest BCUT2D eigenvalue weighted by molar-refractivity contribution is 8.00. The van der Waals surface area contributed by atoms with Gasteiger partial charge < -0.3 is 0 Å². The van der Waals surface area contributed by atoms with Crippen LogP contribution in [0, 0.1) is 11.8 Å². The van der Waals surface area contributed by atoms with Crippen LogP contribution >= 0.6 is 11.8 Å². The van der Waals surface area contributed by atoms with Crippen LogP contribution in [0.2, 0.25) is 0 Å². The van der Waals surface area contributed by atoms with Crippen molar-refractivity contribution in [3.63, 3.8) is 0 Å². The van der Waals surface area contributed by atoms with Crippen molar-refractivity contribution in [2.45, 2.75) is 16.6 Å². The van der Waals surface area contributed by atoms with Crippen LogP contribution in [-0.4, -0.2) is 11.0 Å². The maximum atomic E-state index is 11.8. The molecule has 3 atom stereocenters. The predicted molar refractivity (Wildman–Crippen MR) is 61.8 cm³/mol. The highest BCUT2D eigenvalue weighted by Gasteiger charge is 2.49. The number of thioether (sulfide) groups is 1. The zero-order chi connectivity index (χ0) is 10.3. The Morgan fingerprint density at radius 2 is 2.00 bits per heavy atom. The Morgan fingerprint density at radius 1 is 1.20 bits per heavy atom. The molecule has 0 aliphatic heterocycles. The summed E-state index contributed by atoms with van der Waals surface area (Å²) in [4.78, 5) is 13.0. The van der Waals surface area contributed by atoms with Gasteiger partial charge in [-0.25, -0.2) is 0 Å². The number of rotatable bonds is 2. The van der Waals surface area contributed by atoms with E-state index < -0.39 is 0 Å². The van der Waals surface area contributed by atoms with Gasteiger partial charge in [-0.1, -0.05) is 30.4 Å². The summed E-state index contributed by atoms with van der Waals surface area (Å²) in [6.45, 7) is 0. The number of allylic oxidation sites excluding steroid dienone is 2. The van der Waals surface area contributed by atoms with Gasteiger partial charge in [-0.3, -0.25) is 4.79 Å². The fraction of sp³-hybridized carbons (Fsp3) is 0.308. The fourth-order valence-corrected chi connectivity index (χ4v) is 3.69. The normalized spacial score (nSPS) is 32.5. The maximum Gasteiger partial charge on any atom is 0.150 e. The number of hydrogen-bond acceptors (Lipinski definition) is 2. The highest BCUT2D eigenvalue weighted by Crippen LogP contribution is 2.47. The summed E-state index contributed by atoms with van der Waals surface area (Å²) < 4.78 is 0. The van der Waals surface area contributed by atoms with E-state index in [1.807, 2.05) is 18.2 Å². The van der Waals surface area contributed by atoms with Gasteiger partial charge >= 0.3 is 0 Å². The van der Waals surface area contributed by atoms with E-state index in [0.717, 1.165) is 6.42 Å². The summed E-state index contributed by atoms with van der Waals surface area (Å²) in [7, 11) is 0. The molecule has 1 aromatic rings. The van der Waals surface area contributed by atoms with Crippen molar-refractivity contribution in [2.24, 2.45) is 11.8 Å². The Hall–Kier alpha value is -1.02. The molecule has 0 bridgehead atoms. The van der Waals surface area contributed by atoms with Crippen LogP contribution in [0.1, 0.15) is 6.42 Å². The SMILES string of the molecule is O=C1C(Sc2ccccc2)[C@@H]2C=CC[C@H]12. The lowest BCUT2D eigenvalue weighted by atomic mass is 9.74. The van der Waals surface area contributed by atoms with E-state index in [1.165, 1.54) is 4.90 Å². The molecule has 3 rings (SSSR count). The largest absolute Gasteiger partial charge is 0.298 e. The minimum Gasteiger partial charge on any atom is -0.298 e. The Balaban J connectivity index is 1.75. The van der Waals surface area contributed by atoms with Crippen LogP contribution in [-0.2, 0) is 4.79 Å². The van der Waals surface area contributed by atoms with Gasteiger partial charge in [0, 0.05) is 16.7 Å². The fourth-order valence-electron chi connectivity index (χ4n) is 2.36. The predicted octanol–water partition coefficient (Wildman–Crippen LogP) is 2.92. The number of benzene rings is 1. The lowest BCUT2D eigenvalue weighted by Gasteiger charge is -2.37. The standard InChI is InChI=1S/C13H12OS/c14-12-10-7-4-8-11(10)13(12)15-9-5-2-1-3-6-9/h1-6,8,10-11,13H,7H2/t10-,11+,13?/m0/s1. The molecule has 0 amide bonds. The third-order valence-corrected chi connectivity index (χ3v) is 4.56. The van der Waals surface area contributed by atoms with E-state index in [-0.39, 0.29) is 5.25 Å². The lowest BCUT2D eigenvalue weighted by molar-refractivity contribution is -0.130. The van der Waals surface area contributed by atoms with Crippen LogP contribution in [0.25, 0.3) is 0 Å². The third kappa shape index (κ3) is 1.44. The van der Waals surface area contributed by atoms with E-state index in [4.69, 9.17) is 0 Å². The van der Waals surface area contributed by atoms with Crippen LogP contribution in [0.4, 0.5) is 0 Å². The third-order valence-electron chi connectivity index (χ3n) is 3.21. The average Bonchev–Trinajstić information content (AvgIpc) is 2.72. The van der Waals surface area contributed by atoms with E-state index >= 15 is 0 Å². The van der Waals surface area contributed by atoms with Crippen molar-refractivity contribution in [2.75, 3.05) is 0 Å². The van der Waals surface area contributed by atoms with Crippen molar-refractivity contribution in [3.8, 4) is 0 Å². The molecule has 1 unspecified atom stereocenters. The first-order chi connectivity index (χ1) is 7.36. The van der Waals surface area contributed by atoms with Crippen molar-refractivity contribution in [1.82, 2.24) is 0 Å². The van der Waals surface area contributed by atoms with Crippen molar-refractivity contribution in [1.29, 1.82) is 0 Å². The van der Waals surface area contributed by atoms with Crippen LogP contribution in [0.15, 0.2) is 47.4 Å². The van der Waals surface area contributed by atoms with Gasteiger partial charge in [0.15, 0.2) is 5.78 Å². The second-order valence-corrected chi connectivity index (χ2v) is 5.32. The number of ketones is 1. The van der Waals surface area contributed by atoms with Gasteiger partial charge in [-0.2, -0.15) is 0 Å². The zero-order valence-corrected chi connectivity index (χ0v) is 9.11. The quantitative estimate of drug-likeness (QED) is 0.707. The first kappa shape index (κ1) is 9.22. The average molecular weight is 216 g/mol. The summed E-state index contributed by atoms with van der Waals surface area (Å²) in [6, 6.07) is 10.2. The van der Waals surface area contributed by atoms with E-state index in [9.17, 15) is 4.79 Å². The smallest absolute Gasteiger partial charge is 0.150 e. The molecule has 76 valence electrons. The summed E-state index contributed by atoms with van der Waals surface area (Å²) in [5.74, 6) is 1.26. The molecular weight excluding hydrogens is 204 g/mol. The highest BCUT2D eigenvalue weighted by atomic mass is 32.2. The molecule has 0 radical (unpaired) electrons. The molecule has 1 saturated carbocycles. The monoisotopic (exact) mass is 216 g/mol. The Kier molecular flexibility index (Phi) is 2.17. The maximum absolute atomic E-state index is 11.8. The molecule has 15 heavy (non-hydrogen) atoms. The summed E-state index contributed by atoms with van der Waals surface area (Å²) in [5.41, 5.74) is 0. The van der Waals surface area contributed by atoms with Crippen molar-refractivity contribution >= 4 is 17.5 Å². The topological polar surface area (TPSA) is 17.1 Å². The van der Waals surface area contributed by atoms with Gasteiger partial charge in [0.1, 0.15) is 0 Å². The molecule has 2 aliphatic carbocycles. The number of fused-ring (bicyclic) bond motifs is 1. The molecule has 2 heteroatoms. The minimum atomic E-state index is 0.177. The molecule has 2 aliphatic rings. The molecule has 1 aromatic carbocycles. The number of carbonyl (C=O) groups is 1.